The second-order valence-electron chi connectivity index (χ2n) is 4.97. The predicted octanol–water partition coefficient (Wildman–Crippen LogP) is 3.12. The van der Waals surface area contributed by atoms with Crippen LogP contribution in [0.25, 0.3) is 0 Å². The minimum Gasteiger partial charge on any atom is -0.396 e. The molecule has 0 fully saturated rings. The minimum absolute atomic E-state index is 0.103. The maximum Gasteiger partial charge on any atom is 0.0738 e. The number of rotatable bonds is 4. The van der Waals surface area contributed by atoms with Crippen molar-refractivity contribution in [1.82, 2.24) is 9.78 Å². The second-order valence-corrected chi connectivity index (χ2v) is 5.76. The Morgan fingerprint density at radius 3 is 2.63 bits per heavy atom. The quantitative estimate of drug-likeness (QED) is 0.939. The Kier molecular flexibility index (Phi) is 4.42. The zero-order valence-corrected chi connectivity index (χ0v) is 13.1. The number of aliphatic hydroxyl groups excluding tert-OH is 1. The van der Waals surface area contributed by atoms with Crippen molar-refractivity contribution in [2.45, 2.75) is 26.2 Å². The Morgan fingerprint density at radius 1 is 1.37 bits per heavy atom. The van der Waals surface area contributed by atoms with Crippen LogP contribution in [0.1, 0.15) is 28.4 Å². The van der Waals surface area contributed by atoms with Crippen LogP contribution >= 0.6 is 15.9 Å². The van der Waals surface area contributed by atoms with Gasteiger partial charge >= 0.3 is 0 Å². The zero-order valence-electron chi connectivity index (χ0n) is 11.5. The molecule has 2 rings (SSSR count). The van der Waals surface area contributed by atoms with Gasteiger partial charge < -0.3 is 5.11 Å². The van der Waals surface area contributed by atoms with E-state index in [0.29, 0.717) is 0 Å². The normalized spacial score (nSPS) is 12.7. The topological polar surface area (TPSA) is 38.1 Å². The molecular formula is C15H19BrN2O. The SMILES string of the molecule is Cc1cccc(C(CO)Cc2c(Br)c(C)nn2C)c1. The summed E-state index contributed by atoms with van der Waals surface area (Å²) in [5.74, 6) is 0.103. The fourth-order valence-electron chi connectivity index (χ4n) is 2.35. The van der Waals surface area contributed by atoms with Crippen LogP contribution in [-0.4, -0.2) is 21.5 Å². The average Bonchev–Trinajstić information content (AvgIpc) is 2.61. The highest BCUT2D eigenvalue weighted by Crippen LogP contribution is 2.27. The van der Waals surface area contributed by atoms with E-state index in [1.165, 1.54) is 11.1 Å². The lowest BCUT2D eigenvalue weighted by Crippen LogP contribution is -2.11. The van der Waals surface area contributed by atoms with E-state index in [9.17, 15) is 5.11 Å². The molecule has 19 heavy (non-hydrogen) atoms. The lowest BCUT2D eigenvalue weighted by atomic mass is 9.94. The summed E-state index contributed by atoms with van der Waals surface area (Å²) in [7, 11) is 1.94. The van der Waals surface area contributed by atoms with Gasteiger partial charge in [0.1, 0.15) is 0 Å². The van der Waals surface area contributed by atoms with Gasteiger partial charge in [0.15, 0.2) is 0 Å². The molecule has 1 N–H and O–H groups in total. The Hall–Kier alpha value is -1.13. The fraction of sp³-hybridized carbons (Fsp3) is 0.400. The molecule has 1 aromatic heterocycles. The van der Waals surface area contributed by atoms with E-state index in [2.05, 4.69) is 46.2 Å². The Bertz CT molecular complexity index is 578. The third-order valence-corrected chi connectivity index (χ3v) is 4.47. The van der Waals surface area contributed by atoms with Gasteiger partial charge in [-0.1, -0.05) is 29.8 Å². The average molecular weight is 323 g/mol. The van der Waals surface area contributed by atoms with E-state index < -0.39 is 0 Å². The smallest absolute Gasteiger partial charge is 0.0738 e. The van der Waals surface area contributed by atoms with Crippen LogP contribution in [-0.2, 0) is 13.5 Å². The molecule has 0 aliphatic heterocycles. The number of aliphatic hydroxyl groups is 1. The molecule has 0 aliphatic carbocycles. The number of benzene rings is 1. The second kappa shape index (κ2) is 5.88. The highest BCUT2D eigenvalue weighted by atomic mass is 79.9. The van der Waals surface area contributed by atoms with Crippen molar-refractivity contribution in [2.24, 2.45) is 7.05 Å². The molecule has 1 heterocycles. The highest BCUT2D eigenvalue weighted by Gasteiger charge is 2.17. The molecule has 0 saturated heterocycles. The van der Waals surface area contributed by atoms with E-state index in [4.69, 9.17) is 0 Å². The van der Waals surface area contributed by atoms with Gasteiger partial charge in [-0.05, 0) is 41.8 Å². The Balaban J connectivity index is 2.29. The summed E-state index contributed by atoms with van der Waals surface area (Å²) >= 11 is 3.58. The molecule has 3 nitrogen and oxygen atoms in total. The summed E-state index contributed by atoms with van der Waals surface area (Å²) in [5, 5.41) is 14.1. The molecule has 2 aromatic rings. The number of hydrogen-bond acceptors (Lipinski definition) is 2. The molecule has 1 aromatic carbocycles. The van der Waals surface area contributed by atoms with Gasteiger partial charge in [-0.2, -0.15) is 5.10 Å². The van der Waals surface area contributed by atoms with Crippen LogP contribution in [0.5, 0.6) is 0 Å². The molecule has 4 heteroatoms. The molecule has 0 radical (unpaired) electrons. The van der Waals surface area contributed by atoms with Gasteiger partial charge in [-0.15, -0.1) is 0 Å². The lowest BCUT2D eigenvalue weighted by molar-refractivity contribution is 0.263. The van der Waals surface area contributed by atoms with Crippen molar-refractivity contribution >= 4 is 15.9 Å². The first-order valence-electron chi connectivity index (χ1n) is 6.38. The van der Waals surface area contributed by atoms with Crippen molar-refractivity contribution in [3.63, 3.8) is 0 Å². The first kappa shape index (κ1) is 14.3. The van der Waals surface area contributed by atoms with Crippen molar-refractivity contribution < 1.29 is 5.11 Å². The molecule has 1 atom stereocenters. The Morgan fingerprint density at radius 2 is 2.11 bits per heavy atom. The molecule has 1 unspecified atom stereocenters. The number of aryl methyl sites for hydroxylation is 3. The first-order valence-corrected chi connectivity index (χ1v) is 7.17. The maximum absolute atomic E-state index is 9.68. The third kappa shape index (κ3) is 3.07. The van der Waals surface area contributed by atoms with Crippen molar-refractivity contribution in [2.75, 3.05) is 6.61 Å². The first-order chi connectivity index (χ1) is 9.02. The van der Waals surface area contributed by atoms with E-state index in [1.807, 2.05) is 24.7 Å². The summed E-state index contributed by atoms with van der Waals surface area (Å²) in [6.45, 7) is 4.19. The van der Waals surface area contributed by atoms with Crippen molar-refractivity contribution in [3.05, 3.63) is 51.3 Å². The van der Waals surface area contributed by atoms with E-state index in [-0.39, 0.29) is 12.5 Å². The van der Waals surface area contributed by atoms with E-state index in [0.717, 1.165) is 22.3 Å². The predicted molar refractivity (Wildman–Crippen MR) is 80.4 cm³/mol. The molecule has 0 bridgehead atoms. The lowest BCUT2D eigenvalue weighted by Gasteiger charge is -2.15. The minimum atomic E-state index is 0.103. The van der Waals surface area contributed by atoms with Gasteiger partial charge in [-0.3, -0.25) is 4.68 Å². The summed E-state index contributed by atoms with van der Waals surface area (Å²) in [5.41, 5.74) is 4.50. The standard InChI is InChI=1S/C15H19BrN2O/c1-10-5-4-6-12(7-10)13(9-19)8-14-15(16)11(2)17-18(14)3/h4-7,13,19H,8-9H2,1-3H3. The maximum atomic E-state index is 9.68. The largest absolute Gasteiger partial charge is 0.396 e. The molecule has 0 aliphatic rings. The van der Waals surface area contributed by atoms with Gasteiger partial charge in [0.05, 0.1) is 22.5 Å². The monoisotopic (exact) mass is 322 g/mol. The van der Waals surface area contributed by atoms with Gasteiger partial charge in [0.2, 0.25) is 0 Å². The zero-order chi connectivity index (χ0) is 14.0. The van der Waals surface area contributed by atoms with Crippen LogP contribution in [0, 0.1) is 13.8 Å². The molecular weight excluding hydrogens is 304 g/mol. The van der Waals surface area contributed by atoms with Crippen LogP contribution in [0.3, 0.4) is 0 Å². The van der Waals surface area contributed by atoms with Gasteiger partial charge in [-0.25, -0.2) is 0 Å². The molecule has 0 spiro atoms. The number of halogens is 1. The van der Waals surface area contributed by atoms with Crippen LogP contribution in [0.2, 0.25) is 0 Å². The highest BCUT2D eigenvalue weighted by molar-refractivity contribution is 9.10. The summed E-state index contributed by atoms with van der Waals surface area (Å²) in [4.78, 5) is 0. The van der Waals surface area contributed by atoms with E-state index >= 15 is 0 Å². The summed E-state index contributed by atoms with van der Waals surface area (Å²) < 4.78 is 2.93. The van der Waals surface area contributed by atoms with Crippen molar-refractivity contribution in [3.8, 4) is 0 Å². The Labute approximate surface area is 122 Å². The molecule has 102 valence electrons. The number of hydrogen-bond donors (Lipinski definition) is 1. The van der Waals surface area contributed by atoms with E-state index in [1.54, 1.807) is 0 Å². The van der Waals surface area contributed by atoms with Gasteiger partial charge in [0, 0.05) is 13.0 Å². The fourth-order valence-corrected chi connectivity index (χ4v) is 2.84. The van der Waals surface area contributed by atoms with Gasteiger partial charge in [0.25, 0.3) is 0 Å². The van der Waals surface area contributed by atoms with Crippen LogP contribution in [0.15, 0.2) is 28.7 Å². The third-order valence-electron chi connectivity index (χ3n) is 3.44. The molecule has 0 amide bonds. The van der Waals surface area contributed by atoms with Crippen LogP contribution < -0.4 is 0 Å². The van der Waals surface area contributed by atoms with Crippen LogP contribution in [0.4, 0.5) is 0 Å². The number of nitrogens with zero attached hydrogens (tertiary/aromatic N) is 2. The van der Waals surface area contributed by atoms with Crippen molar-refractivity contribution in [1.29, 1.82) is 0 Å². The summed E-state index contributed by atoms with van der Waals surface area (Å²) in [6, 6.07) is 8.32. The number of aromatic nitrogens is 2. The summed E-state index contributed by atoms with van der Waals surface area (Å²) in [6.07, 6.45) is 0.776. The molecule has 0 saturated carbocycles.